The zero-order valence-electron chi connectivity index (χ0n) is 12.9. The molecule has 0 radical (unpaired) electrons. The number of anilines is 2. The van der Waals surface area contributed by atoms with Gasteiger partial charge in [0.25, 0.3) is 0 Å². The van der Waals surface area contributed by atoms with Gasteiger partial charge in [0.2, 0.25) is 15.9 Å². The number of hydrogen-bond donors (Lipinski definition) is 3. The Labute approximate surface area is 126 Å². The predicted molar refractivity (Wildman–Crippen MR) is 85.0 cm³/mol. The number of nitrogen functional groups attached to an aromatic ring is 1. The predicted octanol–water partition coefficient (Wildman–Crippen LogP) is 1.19. The summed E-state index contributed by atoms with van der Waals surface area (Å²) in [5.74, 6) is 0.833. The van der Waals surface area contributed by atoms with Crippen molar-refractivity contribution < 1.29 is 13.2 Å². The molecule has 0 saturated carbocycles. The number of ether oxygens (including phenoxy) is 1. The van der Waals surface area contributed by atoms with E-state index in [9.17, 15) is 8.42 Å². The molecule has 4 N–H and O–H groups in total. The smallest absolute Gasteiger partial charge is 0.239 e. The third-order valence-electron chi connectivity index (χ3n) is 2.33. The molecule has 1 heterocycles. The van der Waals surface area contributed by atoms with E-state index >= 15 is 0 Å². The van der Waals surface area contributed by atoms with Crippen molar-refractivity contribution in [2.45, 2.75) is 33.3 Å². The minimum atomic E-state index is -3.25. The number of hydrogen-bond acceptors (Lipinski definition) is 6. The first kappa shape index (κ1) is 17.5. The number of rotatable bonds is 7. The molecule has 0 aliphatic carbocycles. The van der Waals surface area contributed by atoms with Crippen molar-refractivity contribution in [1.29, 1.82) is 0 Å². The van der Waals surface area contributed by atoms with Crippen LogP contribution in [0.4, 0.5) is 11.5 Å². The standard InChI is InChI=1S/C13H24N4O3S/c1-5-16-21(18,19)9-8-15-11-7-6-10(14)12(17-11)20-13(2,3)4/h6-7,16H,5,8-9,14H2,1-4H3,(H,15,17). The van der Waals surface area contributed by atoms with E-state index in [0.717, 1.165) is 0 Å². The van der Waals surface area contributed by atoms with E-state index in [4.69, 9.17) is 10.5 Å². The van der Waals surface area contributed by atoms with Crippen LogP contribution in [0.15, 0.2) is 12.1 Å². The summed E-state index contributed by atoms with van der Waals surface area (Å²) in [5, 5.41) is 2.95. The van der Waals surface area contributed by atoms with Crippen LogP contribution in [-0.4, -0.2) is 37.8 Å². The molecule has 0 aliphatic rings. The van der Waals surface area contributed by atoms with Crippen LogP contribution in [-0.2, 0) is 10.0 Å². The van der Waals surface area contributed by atoms with E-state index in [2.05, 4.69) is 15.0 Å². The van der Waals surface area contributed by atoms with Crippen LogP contribution in [0.2, 0.25) is 0 Å². The van der Waals surface area contributed by atoms with Gasteiger partial charge < -0.3 is 15.8 Å². The van der Waals surface area contributed by atoms with Crippen LogP contribution in [0, 0.1) is 0 Å². The highest BCUT2D eigenvalue weighted by Crippen LogP contribution is 2.24. The van der Waals surface area contributed by atoms with Gasteiger partial charge in [0, 0.05) is 13.1 Å². The number of nitrogens with zero attached hydrogens (tertiary/aromatic N) is 1. The fourth-order valence-electron chi connectivity index (χ4n) is 1.53. The highest BCUT2D eigenvalue weighted by Gasteiger charge is 2.15. The Bertz CT molecular complexity index is 567. The Morgan fingerprint density at radius 3 is 2.57 bits per heavy atom. The summed E-state index contributed by atoms with van der Waals surface area (Å²) in [5.41, 5.74) is 5.84. The van der Waals surface area contributed by atoms with Crippen molar-refractivity contribution in [2.75, 3.05) is 29.9 Å². The van der Waals surface area contributed by atoms with Crippen molar-refractivity contribution in [3.05, 3.63) is 12.1 Å². The molecule has 0 atom stereocenters. The van der Waals surface area contributed by atoms with Gasteiger partial charge in [0.15, 0.2) is 0 Å². The summed E-state index contributed by atoms with van der Waals surface area (Å²) in [4.78, 5) is 4.25. The maximum Gasteiger partial charge on any atom is 0.239 e. The minimum Gasteiger partial charge on any atom is -0.470 e. The van der Waals surface area contributed by atoms with E-state index in [-0.39, 0.29) is 12.3 Å². The van der Waals surface area contributed by atoms with Crippen molar-refractivity contribution in [3.63, 3.8) is 0 Å². The monoisotopic (exact) mass is 316 g/mol. The fraction of sp³-hybridized carbons (Fsp3) is 0.615. The lowest BCUT2D eigenvalue weighted by atomic mass is 10.2. The summed E-state index contributed by atoms with van der Waals surface area (Å²) < 4.78 is 31.1. The molecule has 0 unspecified atom stereocenters. The lowest BCUT2D eigenvalue weighted by Crippen LogP contribution is -2.29. The lowest BCUT2D eigenvalue weighted by molar-refractivity contribution is 0.125. The third-order valence-corrected chi connectivity index (χ3v) is 3.80. The molecule has 1 aromatic heterocycles. The summed E-state index contributed by atoms with van der Waals surface area (Å²) in [6, 6.07) is 3.36. The zero-order chi connectivity index (χ0) is 16.1. The molecular formula is C13H24N4O3S. The van der Waals surface area contributed by atoms with Crippen LogP contribution in [0.25, 0.3) is 0 Å². The quantitative estimate of drug-likeness (QED) is 0.697. The fourth-order valence-corrected chi connectivity index (χ4v) is 2.48. The van der Waals surface area contributed by atoms with E-state index in [1.807, 2.05) is 20.8 Å². The molecule has 0 amide bonds. The molecule has 7 nitrogen and oxygen atoms in total. The highest BCUT2D eigenvalue weighted by molar-refractivity contribution is 7.89. The Kier molecular flexibility index (Phi) is 5.79. The second-order valence-corrected chi connectivity index (χ2v) is 7.48. The molecule has 8 heteroatoms. The Hall–Kier alpha value is -1.54. The average Bonchev–Trinajstić information content (AvgIpc) is 2.31. The normalized spacial score (nSPS) is 12.2. The first-order valence-corrected chi connectivity index (χ1v) is 8.45. The van der Waals surface area contributed by atoms with Crippen molar-refractivity contribution in [3.8, 4) is 5.88 Å². The van der Waals surface area contributed by atoms with Gasteiger partial charge in [0.1, 0.15) is 11.4 Å². The number of sulfonamides is 1. The van der Waals surface area contributed by atoms with Crippen molar-refractivity contribution in [1.82, 2.24) is 9.71 Å². The SMILES string of the molecule is CCNS(=O)(=O)CCNc1ccc(N)c(OC(C)(C)C)n1. The first-order chi connectivity index (χ1) is 9.63. The molecule has 0 fully saturated rings. The molecule has 0 spiro atoms. The van der Waals surface area contributed by atoms with Gasteiger partial charge in [-0.3, -0.25) is 0 Å². The number of pyridine rings is 1. The second-order valence-electron chi connectivity index (χ2n) is 5.55. The summed E-state index contributed by atoms with van der Waals surface area (Å²) in [7, 11) is -3.25. The van der Waals surface area contributed by atoms with Gasteiger partial charge in [-0.1, -0.05) is 6.92 Å². The lowest BCUT2D eigenvalue weighted by Gasteiger charge is -2.21. The van der Waals surface area contributed by atoms with Crippen LogP contribution in [0.3, 0.4) is 0 Å². The van der Waals surface area contributed by atoms with Gasteiger partial charge in [0.05, 0.1) is 11.4 Å². The van der Waals surface area contributed by atoms with Crippen molar-refractivity contribution >= 4 is 21.5 Å². The van der Waals surface area contributed by atoms with Crippen LogP contribution in [0.5, 0.6) is 5.88 Å². The van der Waals surface area contributed by atoms with Crippen LogP contribution in [0.1, 0.15) is 27.7 Å². The first-order valence-electron chi connectivity index (χ1n) is 6.80. The molecular weight excluding hydrogens is 292 g/mol. The summed E-state index contributed by atoms with van der Waals surface area (Å²) >= 11 is 0. The molecule has 1 rings (SSSR count). The maximum atomic E-state index is 11.5. The van der Waals surface area contributed by atoms with Gasteiger partial charge >= 0.3 is 0 Å². The van der Waals surface area contributed by atoms with Gasteiger partial charge in [-0.05, 0) is 32.9 Å². The van der Waals surface area contributed by atoms with Crippen LogP contribution >= 0.6 is 0 Å². The zero-order valence-corrected chi connectivity index (χ0v) is 13.8. The minimum absolute atomic E-state index is 0.0254. The Balaban J connectivity index is 2.67. The van der Waals surface area contributed by atoms with Gasteiger partial charge in [-0.25, -0.2) is 13.1 Å². The van der Waals surface area contributed by atoms with E-state index in [0.29, 0.717) is 23.9 Å². The molecule has 0 bridgehead atoms. The average molecular weight is 316 g/mol. The molecule has 0 saturated heterocycles. The molecule has 0 aromatic carbocycles. The molecule has 21 heavy (non-hydrogen) atoms. The number of aromatic nitrogens is 1. The summed E-state index contributed by atoms with van der Waals surface area (Å²) in [6.07, 6.45) is 0. The molecule has 1 aromatic rings. The van der Waals surface area contributed by atoms with E-state index in [1.54, 1.807) is 19.1 Å². The third kappa shape index (κ3) is 6.63. The molecule has 120 valence electrons. The molecule has 0 aliphatic heterocycles. The van der Waals surface area contributed by atoms with E-state index < -0.39 is 15.6 Å². The van der Waals surface area contributed by atoms with Gasteiger partial charge in [-0.2, -0.15) is 4.98 Å². The van der Waals surface area contributed by atoms with Gasteiger partial charge in [-0.15, -0.1) is 0 Å². The number of nitrogens with two attached hydrogens (primary N) is 1. The van der Waals surface area contributed by atoms with E-state index in [1.165, 1.54) is 0 Å². The largest absolute Gasteiger partial charge is 0.470 e. The van der Waals surface area contributed by atoms with Crippen LogP contribution < -0.4 is 20.5 Å². The second kappa shape index (κ2) is 6.95. The topological polar surface area (TPSA) is 106 Å². The van der Waals surface area contributed by atoms with Crippen molar-refractivity contribution in [2.24, 2.45) is 0 Å². The Morgan fingerprint density at radius 2 is 2.00 bits per heavy atom. The Morgan fingerprint density at radius 1 is 1.33 bits per heavy atom. The maximum absolute atomic E-state index is 11.5. The highest BCUT2D eigenvalue weighted by atomic mass is 32.2. The summed E-state index contributed by atoms with van der Waals surface area (Å²) in [6.45, 7) is 8.07. The number of nitrogens with one attached hydrogen (secondary N) is 2.